The van der Waals surface area contributed by atoms with Crippen molar-refractivity contribution in [3.63, 3.8) is 0 Å². The molecule has 0 saturated carbocycles. The molecule has 1 aliphatic carbocycles. The molecule has 0 saturated heterocycles. The van der Waals surface area contributed by atoms with Crippen molar-refractivity contribution in [2.75, 3.05) is 9.80 Å². The highest BCUT2D eigenvalue weighted by Gasteiger charge is 2.25. The van der Waals surface area contributed by atoms with Gasteiger partial charge < -0.3 is 9.80 Å². The lowest BCUT2D eigenvalue weighted by Gasteiger charge is -2.33. The zero-order chi connectivity index (χ0) is 36.3. The van der Waals surface area contributed by atoms with Crippen molar-refractivity contribution >= 4 is 60.8 Å². The van der Waals surface area contributed by atoms with Crippen molar-refractivity contribution in [3.05, 3.63) is 172 Å². The molecule has 7 aromatic rings. The number of allylic oxidation sites excluding steroid dienone is 4. The molecule has 0 heterocycles. The predicted molar refractivity (Wildman–Crippen MR) is 226 cm³/mol. The van der Waals surface area contributed by atoms with Gasteiger partial charge in [0, 0.05) is 33.5 Å². The minimum atomic E-state index is 0.478. The van der Waals surface area contributed by atoms with Crippen LogP contribution in [0.1, 0.15) is 53.6 Å². The van der Waals surface area contributed by atoms with Crippen LogP contribution < -0.4 is 9.80 Å². The Morgan fingerprint density at radius 2 is 0.808 bits per heavy atom. The third-order valence-electron chi connectivity index (χ3n) is 11.7. The predicted octanol–water partition coefficient (Wildman–Crippen LogP) is 14.5. The Kier molecular flexibility index (Phi) is 8.50. The smallest absolute Gasteiger partial charge is 0.0546 e. The minimum absolute atomic E-state index is 0.478. The van der Waals surface area contributed by atoms with Gasteiger partial charge >= 0.3 is 0 Å². The monoisotopic (exact) mass is 676 g/mol. The number of nitrogens with zero attached hydrogens (tertiary/aromatic N) is 2. The van der Waals surface area contributed by atoms with Gasteiger partial charge in [-0.25, -0.2) is 0 Å². The SMILES string of the molecule is CC1=CC=C(N(c2ccc(C)c(C)c2)c2cc3c4ccccc4c(N(c4ccc(C)c(C)c4)c4ccc(C)c(C)c4)cc3c3ccccc23)CC1C. The van der Waals surface area contributed by atoms with Crippen molar-refractivity contribution in [2.45, 2.75) is 61.8 Å². The lowest BCUT2D eigenvalue weighted by Crippen LogP contribution is -2.21. The molecule has 0 N–H and O–H groups in total. The first kappa shape index (κ1) is 33.5. The van der Waals surface area contributed by atoms with E-state index in [1.807, 2.05) is 0 Å². The highest BCUT2D eigenvalue weighted by molar-refractivity contribution is 6.24. The van der Waals surface area contributed by atoms with Crippen LogP contribution in [0.25, 0.3) is 32.3 Å². The largest absolute Gasteiger partial charge is 0.314 e. The summed E-state index contributed by atoms with van der Waals surface area (Å²) in [6, 6.07) is 43.6. The van der Waals surface area contributed by atoms with E-state index in [-0.39, 0.29) is 0 Å². The number of hydrogen-bond acceptors (Lipinski definition) is 2. The van der Waals surface area contributed by atoms with E-state index >= 15 is 0 Å². The molecule has 0 radical (unpaired) electrons. The summed E-state index contributed by atoms with van der Waals surface area (Å²) in [4.78, 5) is 5.00. The van der Waals surface area contributed by atoms with Gasteiger partial charge in [0.1, 0.15) is 0 Å². The van der Waals surface area contributed by atoms with Crippen LogP contribution in [-0.2, 0) is 0 Å². The Morgan fingerprint density at radius 3 is 1.23 bits per heavy atom. The molecule has 0 fully saturated rings. The molecular weight excluding hydrogens is 629 g/mol. The normalized spacial score (nSPS) is 14.5. The van der Waals surface area contributed by atoms with E-state index in [1.165, 1.54) is 105 Å². The van der Waals surface area contributed by atoms with Crippen LogP contribution >= 0.6 is 0 Å². The lowest BCUT2D eigenvalue weighted by atomic mass is 9.90. The number of benzene rings is 7. The van der Waals surface area contributed by atoms with Gasteiger partial charge in [0.25, 0.3) is 0 Å². The summed E-state index contributed by atoms with van der Waals surface area (Å²) in [5.74, 6) is 0.478. The number of aryl methyl sites for hydroxylation is 6. The first-order valence-electron chi connectivity index (χ1n) is 18.7. The zero-order valence-corrected chi connectivity index (χ0v) is 31.8. The Balaban J connectivity index is 1.46. The van der Waals surface area contributed by atoms with Crippen molar-refractivity contribution in [1.82, 2.24) is 0 Å². The molecule has 0 aliphatic heterocycles. The molecule has 1 aliphatic rings. The molecule has 1 atom stereocenters. The first-order chi connectivity index (χ1) is 25.1. The Labute approximate surface area is 309 Å². The Morgan fingerprint density at radius 1 is 0.404 bits per heavy atom. The number of fused-ring (bicyclic) bond motifs is 5. The molecule has 1 unspecified atom stereocenters. The second kappa shape index (κ2) is 13.2. The van der Waals surface area contributed by atoms with Gasteiger partial charge in [0.05, 0.1) is 11.4 Å². The molecule has 8 rings (SSSR count). The molecule has 258 valence electrons. The fraction of sp³-hybridized carbons (Fsp3) is 0.200. The number of anilines is 5. The summed E-state index contributed by atoms with van der Waals surface area (Å²) < 4.78 is 0. The third kappa shape index (κ3) is 5.77. The quantitative estimate of drug-likeness (QED) is 0.162. The van der Waals surface area contributed by atoms with E-state index < -0.39 is 0 Å². The molecule has 2 nitrogen and oxygen atoms in total. The highest BCUT2D eigenvalue weighted by Crippen LogP contribution is 2.48. The second-order valence-electron chi connectivity index (χ2n) is 15.1. The van der Waals surface area contributed by atoms with E-state index in [4.69, 9.17) is 0 Å². The van der Waals surface area contributed by atoms with Crippen molar-refractivity contribution < 1.29 is 0 Å². The second-order valence-corrected chi connectivity index (χ2v) is 15.1. The van der Waals surface area contributed by atoms with Crippen LogP contribution in [-0.4, -0.2) is 0 Å². The van der Waals surface area contributed by atoms with Gasteiger partial charge in [-0.1, -0.05) is 85.3 Å². The van der Waals surface area contributed by atoms with Crippen molar-refractivity contribution in [3.8, 4) is 0 Å². The molecule has 7 aromatic carbocycles. The molecule has 0 amide bonds. The molecule has 0 spiro atoms. The molecular formula is C50H48N2. The van der Waals surface area contributed by atoms with Gasteiger partial charge in [-0.05, 0) is 170 Å². The van der Waals surface area contributed by atoms with Gasteiger partial charge in [0.2, 0.25) is 0 Å². The van der Waals surface area contributed by atoms with Crippen molar-refractivity contribution in [1.29, 1.82) is 0 Å². The lowest BCUT2D eigenvalue weighted by molar-refractivity contribution is 0.654. The average molecular weight is 677 g/mol. The van der Waals surface area contributed by atoms with Gasteiger partial charge in [-0.15, -0.1) is 0 Å². The fourth-order valence-electron chi connectivity index (χ4n) is 7.86. The van der Waals surface area contributed by atoms with Crippen LogP contribution in [0.4, 0.5) is 28.4 Å². The number of rotatable bonds is 6. The van der Waals surface area contributed by atoms with Gasteiger partial charge in [-0.3, -0.25) is 0 Å². The maximum absolute atomic E-state index is 2.53. The minimum Gasteiger partial charge on any atom is -0.314 e. The van der Waals surface area contributed by atoms with Crippen LogP contribution in [0.15, 0.2) is 139 Å². The van der Waals surface area contributed by atoms with E-state index in [0.29, 0.717) is 5.92 Å². The summed E-state index contributed by atoms with van der Waals surface area (Å²) in [5.41, 5.74) is 16.5. The fourth-order valence-corrected chi connectivity index (χ4v) is 7.86. The Hall–Kier alpha value is -5.60. The van der Waals surface area contributed by atoms with Gasteiger partial charge in [0.15, 0.2) is 0 Å². The summed E-state index contributed by atoms with van der Waals surface area (Å²) in [6.07, 6.45) is 5.65. The van der Waals surface area contributed by atoms with Crippen LogP contribution in [0.3, 0.4) is 0 Å². The highest BCUT2D eigenvalue weighted by atomic mass is 15.2. The molecule has 2 heteroatoms. The van der Waals surface area contributed by atoms with E-state index in [1.54, 1.807) is 0 Å². The van der Waals surface area contributed by atoms with Crippen LogP contribution in [0, 0.1) is 47.5 Å². The summed E-state index contributed by atoms with van der Waals surface area (Å²) in [7, 11) is 0. The van der Waals surface area contributed by atoms with E-state index in [0.717, 1.165) is 6.42 Å². The van der Waals surface area contributed by atoms with E-state index in [9.17, 15) is 0 Å². The molecule has 52 heavy (non-hydrogen) atoms. The topological polar surface area (TPSA) is 6.48 Å². The number of hydrogen-bond donors (Lipinski definition) is 0. The van der Waals surface area contributed by atoms with Crippen LogP contribution in [0.5, 0.6) is 0 Å². The summed E-state index contributed by atoms with van der Waals surface area (Å²) >= 11 is 0. The summed E-state index contributed by atoms with van der Waals surface area (Å²) in [6.45, 7) is 17.8. The van der Waals surface area contributed by atoms with Crippen molar-refractivity contribution in [2.24, 2.45) is 5.92 Å². The average Bonchev–Trinajstić information content (AvgIpc) is 3.14. The van der Waals surface area contributed by atoms with Gasteiger partial charge in [-0.2, -0.15) is 0 Å². The maximum Gasteiger partial charge on any atom is 0.0546 e. The first-order valence-corrected chi connectivity index (χ1v) is 18.7. The maximum atomic E-state index is 2.53. The van der Waals surface area contributed by atoms with E-state index in [2.05, 4.69) is 193 Å². The summed E-state index contributed by atoms with van der Waals surface area (Å²) in [5, 5.41) is 7.51. The van der Waals surface area contributed by atoms with Crippen LogP contribution in [0.2, 0.25) is 0 Å². The molecule has 0 aromatic heterocycles. The molecule has 0 bridgehead atoms. The zero-order valence-electron chi connectivity index (χ0n) is 31.8. The third-order valence-corrected chi connectivity index (χ3v) is 11.7. The standard InChI is InChI=1S/C50H48N2/c1-31-17-21-39(25-35(31)5)51(40-22-18-32(2)36(6)26-40)49-29-47-44-14-10-12-16-46(44)50(30-48(47)43-13-9-11-15-45(43)49)52(41-23-19-33(3)37(7)27-41)42-24-20-34(4)38(8)28-42/h9-27,29-30,38H,28H2,1-8H3. The Bertz CT molecular complexity index is 2550.